The van der Waals surface area contributed by atoms with E-state index in [1.807, 2.05) is 6.07 Å². The van der Waals surface area contributed by atoms with Gasteiger partial charge < -0.3 is 24.4 Å². The van der Waals surface area contributed by atoms with Crippen molar-refractivity contribution in [3.63, 3.8) is 0 Å². The van der Waals surface area contributed by atoms with E-state index in [0.717, 1.165) is 13.1 Å². The fourth-order valence-corrected chi connectivity index (χ4v) is 4.11. The first kappa shape index (κ1) is 23.3. The van der Waals surface area contributed by atoms with E-state index in [1.54, 1.807) is 54.5 Å². The second kappa shape index (κ2) is 10.3. The molecule has 0 spiro atoms. The number of benzene rings is 2. The lowest BCUT2D eigenvalue weighted by molar-refractivity contribution is -0.895. The summed E-state index contributed by atoms with van der Waals surface area (Å²) in [5.41, 5.74) is 1.18. The summed E-state index contributed by atoms with van der Waals surface area (Å²) in [6.07, 6.45) is 0. The number of nitrogens with zero attached hydrogens (tertiary/aromatic N) is 1. The quantitative estimate of drug-likeness (QED) is 0.355. The molecule has 1 atom stereocenters. The zero-order valence-electron chi connectivity index (χ0n) is 19.1. The number of hydrogen-bond acceptors (Lipinski definition) is 5. The fraction of sp³-hybridized carbons (Fsp3) is 0.360. The summed E-state index contributed by atoms with van der Waals surface area (Å²) in [7, 11) is 3.09. The number of carbonyl (C=O) groups is 2. The number of ether oxygens (including phenoxy) is 2. The number of hydrogen-bond donors (Lipinski definition) is 2. The molecule has 0 radical (unpaired) electrons. The maximum atomic E-state index is 13.1. The molecule has 7 nitrogen and oxygen atoms in total. The van der Waals surface area contributed by atoms with Crippen molar-refractivity contribution in [2.45, 2.75) is 19.9 Å². The molecule has 1 aliphatic heterocycles. The van der Waals surface area contributed by atoms with E-state index >= 15 is 0 Å². The van der Waals surface area contributed by atoms with E-state index < -0.39 is 17.7 Å². The molecule has 0 saturated carbocycles. The number of likely N-dealkylation sites (tertiary alicyclic amines) is 1. The highest BCUT2D eigenvalue weighted by Gasteiger charge is 2.47. The van der Waals surface area contributed by atoms with Crippen molar-refractivity contribution in [3.8, 4) is 11.5 Å². The van der Waals surface area contributed by atoms with Crippen molar-refractivity contribution >= 4 is 17.4 Å². The number of carbonyl (C=O) groups excluding carboxylic acids is 2. The highest BCUT2D eigenvalue weighted by atomic mass is 16.5. The first-order valence-corrected chi connectivity index (χ1v) is 10.9. The zero-order valence-corrected chi connectivity index (χ0v) is 19.1. The van der Waals surface area contributed by atoms with Gasteiger partial charge in [-0.3, -0.25) is 9.59 Å². The molecule has 2 N–H and O–H groups in total. The predicted octanol–water partition coefficient (Wildman–Crippen LogP) is 2.05. The summed E-state index contributed by atoms with van der Waals surface area (Å²) >= 11 is 0. The SMILES string of the molecule is CC[NH+](CC)CCN1C(=O)C(=O)C(=C(O)c2ccccc2)[C@@H]1c1ccc(OC)cc1OC. The minimum atomic E-state index is -0.758. The van der Waals surface area contributed by atoms with Gasteiger partial charge in [-0.25, -0.2) is 0 Å². The Morgan fingerprint density at radius 2 is 1.72 bits per heavy atom. The van der Waals surface area contributed by atoms with Crippen LogP contribution in [-0.4, -0.2) is 62.1 Å². The summed E-state index contributed by atoms with van der Waals surface area (Å²) in [5.74, 6) is -0.418. The molecule has 170 valence electrons. The Kier molecular flexibility index (Phi) is 7.53. The maximum absolute atomic E-state index is 13.1. The van der Waals surface area contributed by atoms with Crippen molar-refractivity contribution in [2.75, 3.05) is 40.4 Å². The van der Waals surface area contributed by atoms with Crippen LogP contribution in [0.2, 0.25) is 0 Å². The molecule has 1 amide bonds. The van der Waals surface area contributed by atoms with Gasteiger partial charge in [0.05, 0.1) is 52.0 Å². The molecule has 2 aromatic rings. The van der Waals surface area contributed by atoms with Gasteiger partial charge in [-0.1, -0.05) is 30.3 Å². The Labute approximate surface area is 188 Å². The van der Waals surface area contributed by atoms with Gasteiger partial charge in [0.25, 0.3) is 11.7 Å². The van der Waals surface area contributed by atoms with Crippen LogP contribution in [-0.2, 0) is 9.59 Å². The van der Waals surface area contributed by atoms with E-state index in [9.17, 15) is 14.7 Å². The fourth-order valence-electron chi connectivity index (χ4n) is 4.11. The number of methoxy groups -OCH3 is 2. The van der Waals surface area contributed by atoms with Crippen molar-refractivity contribution in [1.29, 1.82) is 0 Å². The average molecular weight is 440 g/mol. The lowest BCUT2D eigenvalue weighted by Crippen LogP contribution is -3.12. The normalized spacial score (nSPS) is 17.8. The van der Waals surface area contributed by atoms with Crippen LogP contribution < -0.4 is 14.4 Å². The Morgan fingerprint density at radius 3 is 2.31 bits per heavy atom. The van der Waals surface area contributed by atoms with Crippen molar-refractivity contribution in [1.82, 2.24) is 4.90 Å². The van der Waals surface area contributed by atoms with Crippen molar-refractivity contribution in [3.05, 3.63) is 65.2 Å². The van der Waals surface area contributed by atoms with Gasteiger partial charge in [0, 0.05) is 17.2 Å². The number of aliphatic hydroxyl groups excluding tert-OH is 1. The van der Waals surface area contributed by atoms with Gasteiger partial charge in [0.15, 0.2) is 0 Å². The third kappa shape index (κ3) is 4.48. The average Bonchev–Trinajstić information content (AvgIpc) is 3.09. The van der Waals surface area contributed by atoms with E-state index in [2.05, 4.69) is 13.8 Å². The monoisotopic (exact) mass is 439 g/mol. The number of ketones is 1. The van der Waals surface area contributed by atoms with Gasteiger partial charge >= 0.3 is 0 Å². The van der Waals surface area contributed by atoms with Crippen LogP contribution in [0.25, 0.3) is 5.76 Å². The van der Waals surface area contributed by atoms with Gasteiger partial charge in [0.2, 0.25) is 0 Å². The standard InChI is InChI=1S/C25H30N2O5/c1-5-26(6-2)14-15-27-22(19-13-12-18(31-3)16-20(19)32-4)21(24(29)25(27)30)23(28)17-10-8-7-9-11-17/h7-13,16,22,28H,5-6,14-15H2,1-4H3/p+1/t22-/m0/s1. The van der Waals surface area contributed by atoms with Gasteiger partial charge in [-0.15, -0.1) is 0 Å². The molecule has 1 saturated heterocycles. The molecule has 2 aromatic carbocycles. The summed E-state index contributed by atoms with van der Waals surface area (Å²) < 4.78 is 10.9. The van der Waals surface area contributed by atoms with Crippen LogP contribution in [0.1, 0.15) is 31.0 Å². The molecule has 7 heteroatoms. The van der Waals surface area contributed by atoms with Crippen LogP contribution in [0.4, 0.5) is 0 Å². The largest absolute Gasteiger partial charge is 0.507 e. The molecule has 0 bridgehead atoms. The minimum Gasteiger partial charge on any atom is -0.507 e. The number of aliphatic hydroxyl groups is 1. The Bertz CT molecular complexity index is 999. The summed E-state index contributed by atoms with van der Waals surface area (Å²) in [5, 5.41) is 11.1. The minimum absolute atomic E-state index is 0.0687. The molecular formula is C25H31N2O5+. The molecule has 1 heterocycles. The number of nitrogens with one attached hydrogen (secondary N) is 1. The molecular weight excluding hydrogens is 408 g/mol. The topological polar surface area (TPSA) is 80.5 Å². The van der Waals surface area contributed by atoms with Crippen LogP contribution in [0.15, 0.2) is 54.1 Å². The lowest BCUT2D eigenvalue weighted by Gasteiger charge is -2.28. The molecule has 1 aliphatic rings. The predicted molar refractivity (Wildman–Crippen MR) is 122 cm³/mol. The second-order valence-corrected chi connectivity index (χ2v) is 7.67. The van der Waals surface area contributed by atoms with E-state index in [1.165, 1.54) is 12.0 Å². The number of quaternary nitrogens is 1. The molecule has 0 aliphatic carbocycles. The second-order valence-electron chi connectivity index (χ2n) is 7.67. The molecule has 1 fully saturated rings. The van der Waals surface area contributed by atoms with Crippen LogP contribution >= 0.6 is 0 Å². The molecule has 0 aromatic heterocycles. The smallest absolute Gasteiger partial charge is 0.295 e. The highest BCUT2D eigenvalue weighted by Crippen LogP contribution is 2.43. The van der Waals surface area contributed by atoms with Crippen molar-refractivity contribution in [2.24, 2.45) is 0 Å². The van der Waals surface area contributed by atoms with E-state index in [-0.39, 0.29) is 11.3 Å². The number of amides is 1. The molecule has 0 unspecified atom stereocenters. The van der Waals surface area contributed by atoms with Gasteiger partial charge in [-0.05, 0) is 26.0 Å². The summed E-state index contributed by atoms with van der Waals surface area (Å²) in [6.45, 7) is 7.09. The summed E-state index contributed by atoms with van der Waals surface area (Å²) in [4.78, 5) is 29.1. The first-order valence-electron chi connectivity index (χ1n) is 10.9. The number of rotatable bonds is 9. The number of likely N-dealkylation sites (N-methyl/N-ethyl adjacent to an activating group) is 1. The van der Waals surface area contributed by atoms with Crippen LogP contribution in [0.3, 0.4) is 0 Å². The third-order valence-corrected chi connectivity index (χ3v) is 6.03. The Balaban J connectivity index is 2.16. The summed E-state index contributed by atoms with van der Waals surface area (Å²) in [6, 6.07) is 13.3. The molecule has 32 heavy (non-hydrogen) atoms. The Hall–Kier alpha value is -3.32. The maximum Gasteiger partial charge on any atom is 0.295 e. The van der Waals surface area contributed by atoms with E-state index in [0.29, 0.717) is 35.7 Å². The first-order chi connectivity index (χ1) is 15.5. The van der Waals surface area contributed by atoms with Crippen LogP contribution in [0.5, 0.6) is 11.5 Å². The lowest BCUT2D eigenvalue weighted by atomic mass is 9.94. The number of Topliss-reactive ketones (excluding diaryl/α,β-unsaturated/α-hetero) is 1. The molecule has 3 rings (SSSR count). The van der Waals surface area contributed by atoms with Crippen molar-refractivity contribution < 1.29 is 29.1 Å². The zero-order chi connectivity index (χ0) is 23.3. The van der Waals surface area contributed by atoms with E-state index in [4.69, 9.17) is 9.47 Å². The Morgan fingerprint density at radius 1 is 1.03 bits per heavy atom. The highest BCUT2D eigenvalue weighted by molar-refractivity contribution is 6.46. The van der Waals surface area contributed by atoms with Gasteiger partial charge in [0.1, 0.15) is 17.3 Å². The van der Waals surface area contributed by atoms with Gasteiger partial charge in [-0.2, -0.15) is 0 Å². The van der Waals surface area contributed by atoms with Crippen LogP contribution in [0, 0.1) is 0 Å². The third-order valence-electron chi connectivity index (χ3n) is 6.03.